The predicted molar refractivity (Wildman–Crippen MR) is 110 cm³/mol. The lowest BCUT2D eigenvalue weighted by Gasteiger charge is -2.18. The number of hydrogen-bond donors (Lipinski definition) is 7. The third kappa shape index (κ3) is 10.8. The number of benzene rings is 1. The molecule has 0 fully saturated rings. The van der Waals surface area contributed by atoms with Gasteiger partial charge in [0, 0.05) is 12.6 Å². The van der Waals surface area contributed by atoms with E-state index in [1.54, 1.807) is 30.3 Å². The van der Waals surface area contributed by atoms with Crippen LogP contribution in [-0.4, -0.2) is 86.4 Å². The third-order valence-corrected chi connectivity index (χ3v) is 3.84. The van der Waals surface area contributed by atoms with Crippen LogP contribution in [0.1, 0.15) is 19.8 Å². The highest BCUT2D eigenvalue weighted by atomic mass is 16.5. The summed E-state index contributed by atoms with van der Waals surface area (Å²) >= 11 is 0. The van der Waals surface area contributed by atoms with E-state index in [0.29, 0.717) is 5.69 Å². The molecular formula is C18H25N7O9. The average Bonchev–Trinajstić information content (AvgIpc) is 2.79. The molecule has 1 rings (SSSR count). The quantitative estimate of drug-likeness (QED) is 0.0829. The minimum atomic E-state index is -1.13. The Labute approximate surface area is 193 Å². The first-order chi connectivity index (χ1) is 16.0. The summed E-state index contributed by atoms with van der Waals surface area (Å²) in [5, 5.41) is 37.3. The molecule has 0 saturated heterocycles. The fourth-order valence-electron chi connectivity index (χ4n) is 2.04. The largest absolute Gasteiger partial charge is 0.336 e. The predicted octanol–water partition coefficient (Wildman–Crippen LogP) is -1.63. The Hall–Kier alpha value is -4.28. The monoisotopic (exact) mass is 483 g/mol. The van der Waals surface area contributed by atoms with Gasteiger partial charge < -0.3 is 21.3 Å². The summed E-state index contributed by atoms with van der Waals surface area (Å²) in [6.45, 7) is -0.942. The number of para-hydroxylation sites is 1. The van der Waals surface area contributed by atoms with Crippen LogP contribution in [0.3, 0.4) is 0 Å². The van der Waals surface area contributed by atoms with Gasteiger partial charge in [-0.3, -0.25) is 39.6 Å². The topological polar surface area (TPSA) is 221 Å². The average molecular weight is 483 g/mol. The molecule has 16 nitrogen and oxygen atoms in total. The molecule has 186 valence electrons. The number of hydroxylamine groups is 6. The summed E-state index contributed by atoms with van der Waals surface area (Å²) in [7, 11) is 0. The van der Waals surface area contributed by atoms with Gasteiger partial charge in [0.2, 0.25) is 17.7 Å². The number of nitrogens with zero attached hydrogens (tertiary/aromatic N) is 3. The van der Waals surface area contributed by atoms with Crippen LogP contribution in [0.2, 0.25) is 0 Å². The first kappa shape index (κ1) is 27.8. The molecule has 1 aromatic carbocycles. The van der Waals surface area contributed by atoms with Gasteiger partial charge in [0.15, 0.2) is 0 Å². The molecule has 1 aromatic rings. The zero-order chi connectivity index (χ0) is 25.7. The van der Waals surface area contributed by atoms with Crippen molar-refractivity contribution >= 4 is 41.3 Å². The molecule has 34 heavy (non-hydrogen) atoms. The van der Waals surface area contributed by atoms with E-state index in [4.69, 9.17) is 5.21 Å². The van der Waals surface area contributed by atoms with E-state index in [1.165, 1.54) is 0 Å². The number of rotatable bonds is 11. The molecule has 0 spiro atoms. The van der Waals surface area contributed by atoms with Gasteiger partial charge in [-0.15, -0.1) is 0 Å². The van der Waals surface area contributed by atoms with Crippen molar-refractivity contribution in [2.45, 2.75) is 19.8 Å². The number of hydrogen-bond acceptors (Lipinski definition) is 9. The Morgan fingerprint density at radius 2 is 1.15 bits per heavy atom. The molecular weight excluding hydrogens is 458 g/mol. The van der Waals surface area contributed by atoms with Crippen molar-refractivity contribution in [1.29, 1.82) is 0 Å². The zero-order valence-corrected chi connectivity index (χ0v) is 18.1. The molecule has 0 aromatic heterocycles. The second-order valence-corrected chi connectivity index (χ2v) is 6.53. The van der Waals surface area contributed by atoms with Crippen molar-refractivity contribution in [2.75, 3.05) is 25.3 Å². The highest BCUT2D eigenvalue weighted by Crippen LogP contribution is 2.04. The van der Waals surface area contributed by atoms with Gasteiger partial charge in [0.1, 0.15) is 32.8 Å². The van der Waals surface area contributed by atoms with E-state index in [2.05, 4.69) is 10.6 Å². The molecule has 0 aliphatic carbocycles. The summed E-state index contributed by atoms with van der Waals surface area (Å²) in [6.07, 6.45) is -1.74. The van der Waals surface area contributed by atoms with Crippen molar-refractivity contribution < 1.29 is 44.4 Å². The van der Waals surface area contributed by atoms with Crippen molar-refractivity contribution in [3.63, 3.8) is 0 Å². The molecule has 7 N–H and O–H groups in total. The van der Waals surface area contributed by atoms with E-state index in [9.17, 15) is 39.2 Å². The van der Waals surface area contributed by atoms with Gasteiger partial charge in [-0.25, -0.2) is 20.0 Å². The van der Waals surface area contributed by atoms with Gasteiger partial charge in [-0.05, 0) is 12.1 Å². The van der Waals surface area contributed by atoms with Crippen LogP contribution in [0.25, 0.3) is 0 Å². The number of carbonyl (C=O) groups excluding carboxylic acids is 6. The fourth-order valence-corrected chi connectivity index (χ4v) is 2.04. The molecule has 0 atom stereocenters. The van der Waals surface area contributed by atoms with Gasteiger partial charge in [0.05, 0.1) is 0 Å². The minimum Gasteiger partial charge on any atom is -0.336 e. The lowest BCUT2D eigenvalue weighted by Crippen LogP contribution is -2.45. The summed E-state index contributed by atoms with van der Waals surface area (Å²) in [4.78, 5) is 69.3. The molecule has 0 saturated carbocycles. The first-order valence-electron chi connectivity index (χ1n) is 9.58. The van der Waals surface area contributed by atoms with E-state index in [1.807, 2.05) is 10.6 Å². The molecule has 7 amide bonds. The lowest BCUT2D eigenvalue weighted by atomic mass is 10.3. The number of amides is 7. The summed E-state index contributed by atoms with van der Waals surface area (Å²) < 4.78 is 0. The number of carbonyl (C=O) groups is 6. The normalized spacial score (nSPS) is 9.88. The highest BCUT2D eigenvalue weighted by molar-refractivity contribution is 5.98. The summed E-state index contributed by atoms with van der Waals surface area (Å²) in [5.41, 5.74) is 0.474. The second-order valence-electron chi connectivity index (χ2n) is 6.53. The maximum absolute atomic E-state index is 11.8. The molecule has 16 heteroatoms. The van der Waals surface area contributed by atoms with Crippen molar-refractivity contribution in [3.8, 4) is 0 Å². The van der Waals surface area contributed by atoms with E-state index < -0.39 is 68.4 Å². The number of urea groups is 1. The molecule has 0 aliphatic heterocycles. The van der Waals surface area contributed by atoms with Crippen LogP contribution >= 0.6 is 0 Å². The molecule has 0 bridgehead atoms. The van der Waals surface area contributed by atoms with Gasteiger partial charge >= 0.3 is 6.03 Å². The van der Waals surface area contributed by atoms with Crippen molar-refractivity contribution in [1.82, 2.24) is 31.1 Å². The summed E-state index contributed by atoms with van der Waals surface area (Å²) in [6, 6.07) is 7.64. The highest BCUT2D eigenvalue weighted by Gasteiger charge is 2.20. The Balaban J connectivity index is 2.30. The Morgan fingerprint density at radius 3 is 1.62 bits per heavy atom. The molecule has 0 heterocycles. The van der Waals surface area contributed by atoms with Crippen LogP contribution in [0.4, 0.5) is 10.5 Å². The third-order valence-electron chi connectivity index (χ3n) is 3.84. The SMILES string of the molecule is CC(=O)N(O)CNC(=O)CC(=O)N(O)CNC(=O)CC(=O)N(O)CNC(=O)Nc1ccccc1. The first-order valence-corrected chi connectivity index (χ1v) is 9.58. The molecule has 0 radical (unpaired) electrons. The van der Waals surface area contributed by atoms with Crippen LogP contribution in [-0.2, 0) is 24.0 Å². The fraction of sp³-hybridized carbons (Fsp3) is 0.333. The standard InChI is InChI=1S/C18H25N7O9/c1-12(26)23(32)9-19-14(27)7-16(29)24(33)10-20-15(28)8-17(30)25(34)11-21-18(31)22-13-5-3-2-4-6-13/h2-6,32-34H,7-11H2,1H3,(H,19,27)(H,20,28)(H2,21,22,31). The second kappa shape index (κ2) is 14.0. The maximum atomic E-state index is 11.8. The van der Waals surface area contributed by atoms with E-state index in [-0.39, 0.29) is 15.2 Å². The van der Waals surface area contributed by atoms with Gasteiger partial charge in [-0.2, -0.15) is 0 Å². The Bertz CT molecular complexity index is 897. The molecule has 0 aliphatic rings. The zero-order valence-electron chi connectivity index (χ0n) is 18.1. The Morgan fingerprint density at radius 1 is 0.706 bits per heavy atom. The molecule has 0 unspecified atom stereocenters. The van der Waals surface area contributed by atoms with Crippen LogP contribution in [0.5, 0.6) is 0 Å². The number of anilines is 1. The van der Waals surface area contributed by atoms with Gasteiger partial charge in [0.25, 0.3) is 11.8 Å². The number of nitrogens with one attached hydrogen (secondary N) is 4. The van der Waals surface area contributed by atoms with Crippen LogP contribution < -0.4 is 21.3 Å². The van der Waals surface area contributed by atoms with Crippen molar-refractivity contribution in [3.05, 3.63) is 30.3 Å². The van der Waals surface area contributed by atoms with Gasteiger partial charge in [-0.1, -0.05) is 18.2 Å². The van der Waals surface area contributed by atoms with E-state index >= 15 is 0 Å². The Kier molecular flexibility index (Phi) is 11.4. The lowest BCUT2D eigenvalue weighted by molar-refractivity contribution is -0.170. The van der Waals surface area contributed by atoms with Crippen LogP contribution in [0.15, 0.2) is 30.3 Å². The van der Waals surface area contributed by atoms with E-state index in [0.717, 1.165) is 6.92 Å². The summed E-state index contributed by atoms with van der Waals surface area (Å²) in [5.74, 6) is -4.88. The maximum Gasteiger partial charge on any atom is 0.320 e. The minimum absolute atomic E-state index is 0.00414. The van der Waals surface area contributed by atoms with Crippen molar-refractivity contribution in [2.24, 2.45) is 0 Å². The van der Waals surface area contributed by atoms with Crippen LogP contribution in [0, 0.1) is 0 Å². The smallest absolute Gasteiger partial charge is 0.320 e.